The van der Waals surface area contributed by atoms with E-state index >= 15 is 0 Å². The highest BCUT2D eigenvalue weighted by molar-refractivity contribution is 5.41. The number of nitrogens with zero attached hydrogens (tertiary/aromatic N) is 2. The molecule has 0 fully saturated rings. The lowest BCUT2D eigenvalue weighted by Crippen LogP contribution is -2.29. The van der Waals surface area contributed by atoms with Crippen LogP contribution < -0.4 is 11.1 Å². The van der Waals surface area contributed by atoms with Gasteiger partial charge in [-0.3, -0.25) is 0 Å². The molecule has 0 aromatic carbocycles. The molecule has 2 rings (SSSR count). The summed E-state index contributed by atoms with van der Waals surface area (Å²) in [6.45, 7) is 8.20. The third kappa shape index (κ3) is 1.86. The molecule has 1 aromatic heterocycles. The molecular formula is C11H20N4. The summed E-state index contributed by atoms with van der Waals surface area (Å²) in [5, 5.41) is 8.01. The van der Waals surface area contributed by atoms with Gasteiger partial charge in [-0.2, -0.15) is 5.10 Å². The Bertz CT molecular complexity index is 348. The van der Waals surface area contributed by atoms with E-state index in [-0.39, 0.29) is 5.41 Å². The Morgan fingerprint density at radius 2 is 2.33 bits per heavy atom. The fraction of sp³-hybridized carbons (Fsp3) is 0.727. The van der Waals surface area contributed by atoms with Crippen LogP contribution in [0.25, 0.3) is 0 Å². The van der Waals surface area contributed by atoms with Gasteiger partial charge < -0.3 is 11.1 Å². The molecule has 1 aliphatic heterocycles. The first-order valence-electron chi connectivity index (χ1n) is 5.56. The zero-order chi connectivity index (χ0) is 11.1. The van der Waals surface area contributed by atoms with Crippen molar-refractivity contribution in [1.29, 1.82) is 0 Å². The van der Waals surface area contributed by atoms with E-state index in [1.165, 1.54) is 0 Å². The monoisotopic (exact) mass is 208 g/mol. The van der Waals surface area contributed by atoms with Crippen LogP contribution in [0.2, 0.25) is 0 Å². The van der Waals surface area contributed by atoms with Crippen LogP contribution in [0.4, 0.5) is 5.82 Å². The molecule has 15 heavy (non-hydrogen) atoms. The summed E-state index contributed by atoms with van der Waals surface area (Å²) in [7, 11) is 0. The molecule has 0 bridgehead atoms. The van der Waals surface area contributed by atoms with Gasteiger partial charge in [0.05, 0.1) is 11.7 Å². The minimum Gasteiger partial charge on any atom is -0.370 e. The Labute approximate surface area is 90.8 Å². The number of nitrogens with one attached hydrogen (secondary N) is 1. The Balaban J connectivity index is 2.37. The maximum Gasteiger partial charge on any atom is 0.124 e. The highest BCUT2D eigenvalue weighted by Crippen LogP contribution is 2.28. The molecule has 4 nitrogen and oxygen atoms in total. The number of aromatic nitrogens is 2. The summed E-state index contributed by atoms with van der Waals surface area (Å²) in [6, 6.07) is 2.50. The lowest BCUT2D eigenvalue weighted by atomic mass is 9.92. The molecule has 0 radical (unpaired) electrons. The third-order valence-electron chi connectivity index (χ3n) is 2.91. The zero-order valence-corrected chi connectivity index (χ0v) is 9.75. The average Bonchev–Trinajstić information content (AvgIpc) is 2.59. The summed E-state index contributed by atoms with van der Waals surface area (Å²) in [6.07, 6.45) is 1.06. The van der Waals surface area contributed by atoms with E-state index in [0.717, 1.165) is 24.5 Å². The Kier molecular flexibility index (Phi) is 2.46. The Hall–Kier alpha value is -1.03. The van der Waals surface area contributed by atoms with Gasteiger partial charge in [0, 0.05) is 24.6 Å². The quantitative estimate of drug-likeness (QED) is 0.735. The van der Waals surface area contributed by atoms with Crippen molar-refractivity contribution in [2.75, 3.05) is 18.4 Å². The first-order chi connectivity index (χ1) is 7.02. The summed E-state index contributed by atoms with van der Waals surface area (Å²) in [5.74, 6) is 1.11. The van der Waals surface area contributed by atoms with E-state index < -0.39 is 0 Å². The smallest absolute Gasteiger partial charge is 0.124 e. The van der Waals surface area contributed by atoms with Crippen molar-refractivity contribution < 1.29 is 0 Å². The highest BCUT2D eigenvalue weighted by atomic mass is 15.4. The molecule has 1 unspecified atom stereocenters. The van der Waals surface area contributed by atoms with E-state index in [2.05, 4.69) is 37.3 Å². The second kappa shape index (κ2) is 3.52. The molecule has 0 aliphatic carbocycles. The van der Waals surface area contributed by atoms with Crippen LogP contribution in [0.3, 0.4) is 0 Å². The summed E-state index contributed by atoms with van der Waals surface area (Å²) in [4.78, 5) is 0. The third-order valence-corrected chi connectivity index (χ3v) is 2.91. The standard InChI is InChI=1S/C11H20N4/c1-11(2,3)9-6-10-13-5-4-8(7-12)15(10)14-9/h6,8,13H,4-5,7,12H2,1-3H3. The molecular weight excluding hydrogens is 188 g/mol. The number of anilines is 1. The molecule has 0 amide bonds. The first kappa shape index (κ1) is 10.5. The molecule has 3 N–H and O–H groups in total. The minimum absolute atomic E-state index is 0.102. The molecule has 1 aromatic rings. The molecule has 84 valence electrons. The van der Waals surface area contributed by atoms with Crippen molar-refractivity contribution in [2.45, 2.75) is 38.6 Å². The molecule has 1 aliphatic rings. The van der Waals surface area contributed by atoms with Gasteiger partial charge in [0.1, 0.15) is 5.82 Å². The van der Waals surface area contributed by atoms with Crippen molar-refractivity contribution >= 4 is 5.82 Å². The van der Waals surface area contributed by atoms with Gasteiger partial charge >= 0.3 is 0 Å². The van der Waals surface area contributed by atoms with Gasteiger partial charge in [0.25, 0.3) is 0 Å². The van der Waals surface area contributed by atoms with Crippen LogP contribution in [0.5, 0.6) is 0 Å². The predicted octanol–water partition coefficient (Wildman–Crippen LogP) is 1.50. The molecule has 0 saturated carbocycles. The van der Waals surface area contributed by atoms with Gasteiger partial charge in [-0.25, -0.2) is 4.68 Å². The maximum absolute atomic E-state index is 5.75. The van der Waals surface area contributed by atoms with Gasteiger partial charge in [-0.1, -0.05) is 20.8 Å². The number of fused-ring (bicyclic) bond motifs is 1. The summed E-state index contributed by atoms with van der Waals surface area (Å²) in [5.41, 5.74) is 6.98. The number of hydrogen-bond acceptors (Lipinski definition) is 3. The number of rotatable bonds is 1. The van der Waals surface area contributed by atoms with Crippen LogP contribution in [-0.2, 0) is 5.41 Å². The number of hydrogen-bond donors (Lipinski definition) is 2. The topological polar surface area (TPSA) is 55.9 Å². The van der Waals surface area contributed by atoms with Crippen molar-refractivity contribution in [3.63, 3.8) is 0 Å². The second-order valence-electron chi connectivity index (χ2n) is 5.21. The zero-order valence-electron chi connectivity index (χ0n) is 9.75. The Morgan fingerprint density at radius 1 is 1.60 bits per heavy atom. The predicted molar refractivity (Wildman–Crippen MR) is 62.1 cm³/mol. The van der Waals surface area contributed by atoms with E-state index in [1.54, 1.807) is 0 Å². The maximum atomic E-state index is 5.75. The fourth-order valence-electron chi connectivity index (χ4n) is 1.88. The molecule has 0 saturated heterocycles. The summed E-state index contributed by atoms with van der Waals surface area (Å²) >= 11 is 0. The normalized spacial score (nSPS) is 20.9. The van der Waals surface area contributed by atoms with E-state index in [4.69, 9.17) is 5.73 Å². The fourth-order valence-corrected chi connectivity index (χ4v) is 1.88. The first-order valence-corrected chi connectivity index (χ1v) is 5.56. The van der Waals surface area contributed by atoms with Gasteiger partial charge in [0.15, 0.2) is 0 Å². The van der Waals surface area contributed by atoms with Crippen molar-refractivity contribution in [3.05, 3.63) is 11.8 Å². The van der Waals surface area contributed by atoms with Gasteiger partial charge in [0.2, 0.25) is 0 Å². The van der Waals surface area contributed by atoms with Crippen LogP contribution in [-0.4, -0.2) is 22.9 Å². The summed E-state index contributed by atoms with van der Waals surface area (Å²) < 4.78 is 2.05. The molecule has 4 heteroatoms. The van der Waals surface area contributed by atoms with Gasteiger partial charge in [-0.15, -0.1) is 0 Å². The average molecular weight is 208 g/mol. The lowest BCUT2D eigenvalue weighted by Gasteiger charge is -2.24. The molecule has 0 spiro atoms. The SMILES string of the molecule is CC(C)(C)c1cc2n(n1)C(CN)CCN2. The molecule has 1 atom stereocenters. The highest BCUT2D eigenvalue weighted by Gasteiger charge is 2.24. The van der Waals surface area contributed by atoms with E-state index in [0.29, 0.717) is 12.6 Å². The molecule has 2 heterocycles. The van der Waals surface area contributed by atoms with Crippen LogP contribution in [0.1, 0.15) is 38.9 Å². The van der Waals surface area contributed by atoms with E-state index in [9.17, 15) is 0 Å². The minimum atomic E-state index is 0.102. The van der Waals surface area contributed by atoms with Crippen molar-refractivity contribution in [3.8, 4) is 0 Å². The van der Waals surface area contributed by atoms with Gasteiger partial charge in [-0.05, 0) is 6.42 Å². The Morgan fingerprint density at radius 3 is 2.93 bits per heavy atom. The van der Waals surface area contributed by atoms with Crippen molar-refractivity contribution in [2.24, 2.45) is 5.73 Å². The van der Waals surface area contributed by atoms with Crippen LogP contribution in [0, 0.1) is 0 Å². The number of nitrogens with two attached hydrogens (primary N) is 1. The van der Waals surface area contributed by atoms with Crippen LogP contribution in [0.15, 0.2) is 6.07 Å². The van der Waals surface area contributed by atoms with Crippen LogP contribution >= 0.6 is 0 Å². The second-order valence-corrected chi connectivity index (χ2v) is 5.21. The van der Waals surface area contributed by atoms with E-state index in [1.807, 2.05) is 4.68 Å². The lowest BCUT2D eigenvalue weighted by molar-refractivity contribution is 0.416. The largest absolute Gasteiger partial charge is 0.370 e. The van der Waals surface area contributed by atoms with Crippen molar-refractivity contribution in [1.82, 2.24) is 9.78 Å².